The van der Waals surface area contributed by atoms with Gasteiger partial charge in [0, 0.05) is 12.5 Å². The summed E-state index contributed by atoms with van der Waals surface area (Å²) in [4.78, 5) is 0. The Balaban J connectivity index is 3.77. The molecule has 2 unspecified atom stereocenters. The first kappa shape index (κ1) is 14.9. The third-order valence-electron chi connectivity index (χ3n) is 2.00. The molecular weight excluding hydrogens is 212 g/mol. The average molecular weight is 235 g/mol. The van der Waals surface area contributed by atoms with Crippen LogP contribution in [0.3, 0.4) is 0 Å². The molecule has 0 aliphatic carbocycles. The van der Waals surface area contributed by atoms with Crippen molar-refractivity contribution in [3.05, 3.63) is 11.6 Å². The Bertz CT molecular complexity index is 176. The van der Waals surface area contributed by atoms with E-state index in [1.807, 2.05) is 13.8 Å². The summed E-state index contributed by atoms with van der Waals surface area (Å²) in [5.74, 6) is 0.522. The number of alkyl halides is 1. The van der Waals surface area contributed by atoms with E-state index in [1.165, 1.54) is 5.57 Å². The average Bonchev–Trinajstić information content (AvgIpc) is 2.16. The molecule has 0 aromatic carbocycles. The molecule has 0 N–H and O–H groups in total. The highest BCUT2D eigenvalue weighted by Gasteiger charge is 2.11. The van der Waals surface area contributed by atoms with Crippen LogP contribution in [0.5, 0.6) is 0 Å². The predicted octanol–water partition coefficient (Wildman–Crippen LogP) is 3.74. The Morgan fingerprint density at radius 3 is 2.53 bits per heavy atom. The molecule has 0 bridgehead atoms. The summed E-state index contributed by atoms with van der Waals surface area (Å²) in [6.07, 6.45) is 4.09. The van der Waals surface area contributed by atoms with Crippen LogP contribution < -0.4 is 0 Å². The van der Waals surface area contributed by atoms with Gasteiger partial charge in [-0.3, -0.25) is 0 Å². The summed E-state index contributed by atoms with van der Waals surface area (Å²) in [6, 6.07) is 0. The van der Waals surface area contributed by atoms with Crippen LogP contribution in [-0.2, 0) is 9.47 Å². The molecule has 0 amide bonds. The zero-order valence-corrected chi connectivity index (χ0v) is 11.0. The maximum absolute atomic E-state index is 5.83. The number of halogens is 1. The van der Waals surface area contributed by atoms with E-state index in [1.54, 1.807) is 0 Å². The second kappa shape index (κ2) is 9.20. The molecule has 0 aromatic heterocycles. The molecule has 0 radical (unpaired) electrons. The third-order valence-corrected chi connectivity index (χ3v) is 2.34. The van der Waals surface area contributed by atoms with Crippen LogP contribution >= 0.6 is 11.6 Å². The van der Waals surface area contributed by atoms with Gasteiger partial charge < -0.3 is 9.47 Å². The molecule has 90 valence electrons. The van der Waals surface area contributed by atoms with Gasteiger partial charge in [-0.05, 0) is 40.5 Å². The largest absolute Gasteiger partial charge is 0.353 e. The Morgan fingerprint density at radius 2 is 2.07 bits per heavy atom. The van der Waals surface area contributed by atoms with Crippen molar-refractivity contribution in [3.63, 3.8) is 0 Å². The monoisotopic (exact) mass is 234 g/mol. The van der Waals surface area contributed by atoms with Gasteiger partial charge in [0.1, 0.15) is 0 Å². The minimum absolute atomic E-state index is 0.0869. The lowest BCUT2D eigenvalue weighted by atomic mass is 10.2. The van der Waals surface area contributed by atoms with Crippen LogP contribution in [0, 0.1) is 0 Å². The van der Waals surface area contributed by atoms with Gasteiger partial charge in [-0.15, -0.1) is 11.6 Å². The Labute approximate surface area is 98.6 Å². The van der Waals surface area contributed by atoms with Crippen molar-refractivity contribution >= 4 is 11.6 Å². The molecule has 0 aliphatic rings. The second-order valence-corrected chi connectivity index (χ2v) is 4.10. The van der Waals surface area contributed by atoms with Crippen molar-refractivity contribution in [1.82, 2.24) is 0 Å². The molecule has 0 aromatic rings. The summed E-state index contributed by atoms with van der Waals surface area (Å²) in [7, 11) is 0. The molecule has 0 saturated heterocycles. The van der Waals surface area contributed by atoms with E-state index < -0.39 is 0 Å². The fourth-order valence-electron chi connectivity index (χ4n) is 1.28. The lowest BCUT2D eigenvalue weighted by molar-refractivity contribution is -0.152. The van der Waals surface area contributed by atoms with Gasteiger partial charge in [-0.2, -0.15) is 0 Å². The Kier molecular flexibility index (Phi) is 9.17. The highest BCUT2D eigenvalue weighted by molar-refractivity contribution is 6.18. The lowest BCUT2D eigenvalue weighted by Crippen LogP contribution is -2.23. The molecule has 2 nitrogen and oxygen atoms in total. The summed E-state index contributed by atoms with van der Waals surface area (Å²) < 4.78 is 10.9. The SMILES string of the molecule is CCOC(C)OC(CCl)CCC=C(C)C. The fraction of sp³-hybridized carbons (Fsp3) is 0.833. The van der Waals surface area contributed by atoms with E-state index >= 15 is 0 Å². The molecule has 0 spiro atoms. The third kappa shape index (κ3) is 8.91. The molecule has 0 saturated carbocycles. The number of ether oxygens (including phenoxy) is 2. The summed E-state index contributed by atoms with van der Waals surface area (Å²) in [6.45, 7) is 8.73. The Hall–Kier alpha value is -0.0500. The molecule has 0 rings (SSSR count). The Morgan fingerprint density at radius 1 is 1.40 bits per heavy atom. The highest BCUT2D eigenvalue weighted by Crippen LogP contribution is 2.10. The van der Waals surface area contributed by atoms with Crippen molar-refractivity contribution in [2.24, 2.45) is 0 Å². The zero-order chi connectivity index (χ0) is 11.7. The minimum Gasteiger partial charge on any atom is -0.353 e. The summed E-state index contributed by atoms with van der Waals surface area (Å²) >= 11 is 5.83. The molecule has 15 heavy (non-hydrogen) atoms. The van der Waals surface area contributed by atoms with Gasteiger partial charge in [0.05, 0.1) is 6.10 Å². The van der Waals surface area contributed by atoms with Gasteiger partial charge in [-0.1, -0.05) is 11.6 Å². The topological polar surface area (TPSA) is 18.5 Å². The van der Waals surface area contributed by atoms with Crippen molar-refractivity contribution < 1.29 is 9.47 Å². The first-order valence-corrected chi connectivity index (χ1v) is 6.10. The number of allylic oxidation sites excluding steroid dienone is 2. The van der Waals surface area contributed by atoms with Gasteiger partial charge in [0.25, 0.3) is 0 Å². The van der Waals surface area contributed by atoms with E-state index in [4.69, 9.17) is 21.1 Å². The molecule has 2 atom stereocenters. The molecule has 3 heteroatoms. The van der Waals surface area contributed by atoms with E-state index in [0.717, 1.165) is 12.8 Å². The van der Waals surface area contributed by atoms with Crippen LogP contribution in [-0.4, -0.2) is 24.9 Å². The minimum atomic E-state index is -0.162. The lowest BCUT2D eigenvalue weighted by Gasteiger charge is -2.20. The van der Waals surface area contributed by atoms with Crippen LogP contribution in [0.15, 0.2) is 11.6 Å². The summed E-state index contributed by atoms with van der Waals surface area (Å²) in [5, 5.41) is 0. The zero-order valence-electron chi connectivity index (χ0n) is 10.3. The first-order chi connectivity index (χ1) is 7.10. The maximum atomic E-state index is 5.83. The highest BCUT2D eigenvalue weighted by atomic mass is 35.5. The van der Waals surface area contributed by atoms with Gasteiger partial charge >= 0.3 is 0 Å². The molecular formula is C12H23ClO2. The van der Waals surface area contributed by atoms with Crippen LogP contribution in [0.25, 0.3) is 0 Å². The van der Waals surface area contributed by atoms with Gasteiger partial charge in [0.15, 0.2) is 6.29 Å². The number of hydrogen-bond acceptors (Lipinski definition) is 2. The first-order valence-electron chi connectivity index (χ1n) is 5.56. The molecule has 0 heterocycles. The molecule has 0 fully saturated rings. The predicted molar refractivity (Wildman–Crippen MR) is 65.3 cm³/mol. The van der Waals surface area contributed by atoms with Crippen LogP contribution in [0.4, 0.5) is 0 Å². The van der Waals surface area contributed by atoms with E-state index in [-0.39, 0.29) is 12.4 Å². The number of rotatable bonds is 8. The van der Waals surface area contributed by atoms with Gasteiger partial charge in [0.2, 0.25) is 0 Å². The smallest absolute Gasteiger partial charge is 0.155 e. The maximum Gasteiger partial charge on any atom is 0.155 e. The second-order valence-electron chi connectivity index (χ2n) is 3.79. The van der Waals surface area contributed by atoms with E-state index in [0.29, 0.717) is 12.5 Å². The van der Waals surface area contributed by atoms with Crippen molar-refractivity contribution in [2.45, 2.75) is 52.9 Å². The van der Waals surface area contributed by atoms with Crippen molar-refractivity contribution in [3.8, 4) is 0 Å². The van der Waals surface area contributed by atoms with Crippen LogP contribution in [0.1, 0.15) is 40.5 Å². The normalized spacial score (nSPS) is 14.7. The van der Waals surface area contributed by atoms with Crippen LogP contribution in [0.2, 0.25) is 0 Å². The van der Waals surface area contributed by atoms with Crippen molar-refractivity contribution in [1.29, 1.82) is 0 Å². The van der Waals surface area contributed by atoms with Gasteiger partial charge in [-0.25, -0.2) is 0 Å². The quantitative estimate of drug-likeness (QED) is 0.362. The number of hydrogen-bond donors (Lipinski definition) is 0. The van der Waals surface area contributed by atoms with E-state index in [9.17, 15) is 0 Å². The van der Waals surface area contributed by atoms with E-state index in [2.05, 4.69) is 19.9 Å². The molecule has 0 aliphatic heterocycles. The fourth-order valence-corrected chi connectivity index (χ4v) is 1.51. The van der Waals surface area contributed by atoms with Crippen molar-refractivity contribution in [2.75, 3.05) is 12.5 Å². The summed E-state index contributed by atoms with van der Waals surface area (Å²) in [5.41, 5.74) is 1.33. The standard InChI is InChI=1S/C12H23ClO2/c1-5-14-11(4)15-12(9-13)8-6-7-10(2)3/h7,11-12H,5-6,8-9H2,1-4H3.